The summed E-state index contributed by atoms with van der Waals surface area (Å²) in [6.07, 6.45) is 8.96. The van der Waals surface area contributed by atoms with E-state index in [1.165, 1.54) is 31.4 Å². The summed E-state index contributed by atoms with van der Waals surface area (Å²) in [6, 6.07) is 4.72. The number of hydrogen-bond donors (Lipinski definition) is 1. The van der Waals surface area contributed by atoms with E-state index in [0.717, 1.165) is 0 Å². The van der Waals surface area contributed by atoms with Crippen molar-refractivity contribution >= 4 is 5.69 Å². The van der Waals surface area contributed by atoms with Crippen LogP contribution in [0.4, 0.5) is 5.69 Å². The Kier molecular flexibility index (Phi) is 2.94. The first-order valence-electron chi connectivity index (χ1n) is 5.82. The van der Waals surface area contributed by atoms with E-state index in [4.69, 9.17) is 0 Å². The van der Waals surface area contributed by atoms with E-state index in [1.54, 1.807) is 0 Å². The van der Waals surface area contributed by atoms with Gasteiger partial charge in [0.25, 0.3) is 0 Å². The van der Waals surface area contributed by atoms with Crippen molar-refractivity contribution in [2.75, 3.05) is 5.32 Å². The second-order valence-corrected chi connectivity index (χ2v) is 5.34. The third kappa shape index (κ3) is 2.95. The van der Waals surface area contributed by atoms with Crippen molar-refractivity contribution in [3.05, 3.63) is 24.5 Å². The number of nitrogens with one attached hydrogen (secondary N) is 1. The summed E-state index contributed by atoms with van der Waals surface area (Å²) in [5.74, 6) is 0. The predicted molar refractivity (Wildman–Crippen MR) is 63.9 cm³/mol. The summed E-state index contributed by atoms with van der Waals surface area (Å²) in [5.41, 5.74) is 1.70. The lowest BCUT2D eigenvalue weighted by Crippen LogP contribution is -2.31. The molecule has 1 heterocycles. The van der Waals surface area contributed by atoms with E-state index in [2.05, 4.69) is 24.1 Å². The summed E-state index contributed by atoms with van der Waals surface area (Å²) in [7, 11) is 0. The molecule has 1 atom stereocenters. The molecule has 2 nitrogen and oxygen atoms in total. The van der Waals surface area contributed by atoms with Gasteiger partial charge in [-0.15, -0.1) is 0 Å². The van der Waals surface area contributed by atoms with Crippen molar-refractivity contribution in [1.82, 2.24) is 4.98 Å². The summed E-state index contributed by atoms with van der Waals surface area (Å²) in [5, 5.41) is 3.60. The molecule has 1 saturated carbocycles. The van der Waals surface area contributed by atoms with E-state index < -0.39 is 0 Å². The molecule has 1 unspecified atom stereocenters. The Bertz CT molecular complexity index is 306. The van der Waals surface area contributed by atoms with E-state index in [0.29, 0.717) is 11.5 Å². The number of anilines is 1. The van der Waals surface area contributed by atoms with Gasteiger partial charge >= 0.3 is 0 Å². The molecule has 1 aromatic rings. The maximum Gasteiger partial charge on any atom is 0.0373 e. The standard InChI is InChI=1S/C13H20N2/c1-13(2)7-3-4-12(10-13)15-11-5-8-14-9-6-11/h5-6,8-9,12H,3-4,7,10H2,1-2H3,(H,14,15). The lowest BCUT2D eigenvalue weighted by Gasteiger charge is -2.36. The maximum absolute atomic E-state index is 4.03. The van der Waals surface area contributed by atoms with Crippen LogP contribution in [0.25, 0.3) is 0 Å². The second-order valence-electron chi connectivity index (χ2n) is 5.34. The second kappa shape index (κ2) is 4.21. The molecule has 0 radical (unpaired) electrons. The van der Waals surface area contributed by atoms with Crippen LogP contribution in [0.3, 0.4) is 0 Å². The molecule has 0 amide bonds. The summed E-state index contributed by atoms with van der Waals surface area (Å²) >= 11 is 0. The molecule has 0 bridgehead atoms. The fourth-order valence-electron chi connectivity index (χ4n) is 2.51. The molecule has 1 fully saturated rings. The van der Waals surface area contributed by atoms with Gasteiger partial charge in [0.15, 0.2) is 0 Å². The molecule has 1 aliphatic rings. The van der Waals surface area contributed by atoms with Gasteiger partial charge in [0, 0.05) is 24.1 Å². The molecule has 82 valence electrons. The molecule has 0 spiro atoms. The Morgan fingerprint density at radius 1 is 1.33 bits per heavy atom. The lowest BCUT2D eigenvalue weighted by atomic mass is 9.75. The highest BCUT2D eigenvalue weighted by Crippen LogP contribution is 2.36. The van der Waals surface area contributed by atoms with Gasteiger partial charge in [0.2, 0.25) is 0 Å². The average molecular weight is 204 g/mol. The number of rotatable bonds is 2. The van der Waals surface area contributed by atoms with Crippen molar-refractivity contribution in [2.24, 2.45) is 5.41 Å². The number of nitrogens with zero attached hydrogens (tertiary/aromatic N) is 1. The van der Waals surface area contributed by atoms with Gasteiger partial charge in [-0.25, -0.2) is 0 Å². The number of aromatic nitrogens is 1. The first-order valence-corrected chi connectivity index (χ1v) is 5.82. The quantitative estimate of drug-likeness (QED) is 0.798. The van der Waals surface area contributed by atoms with Gasteiger partial charge in [-0.1, -0.05) is 20.3 Å². The van der Waals surface area contributed by atoms with Crippen LogP contribution in [0.2, 0.25) is 0 Å². The molecule has 1 aromatic heterocycles. The highest BCUT2D eigenvalue weighted by molar-refractivity contribution is 5.41. The largest absolute Gasteiger partial charge is 0.382 e. The van der Waals surface area contributed by atoms with E-state index in [9.17, 15) is 0 Å². The molecule has 0 saturated heterocycles. The Balaban J connectivity index is 1.95. The molecular formula is C13H20N2. The van der Waals surface area contributed by atoms with Gasteiger partial charge in [-0.05, 0) is 36.8 Å². The van der Waals surface area contributed by atoms with Crippen molar-refractivity contribution in [2.45, 2.75) is 45.6 Å². The zero-order valence-electron chi connectivity index (χ0n) is 9.66. The maximum atomic E-state index is 4.03. The van der Waals surface area contributed by atoms with Crippen molar-refractivity contribution in [3.8, 4) is 0 Å². The molecule has 0 aromatic carbocycles. The third-order valence-electron chi connectivity index (χ3n) is 3.26. The van der Waals surface area contributed by atoms with Crippen LogP contribution in [0.15, 0.2) is 24.5 Å². The van der Waals surface area contributed by atoms with Crippen molar-refractivity contribution in [3.63, 3.8) is 0 Å². The molecule has 0 aliphatic heterocycles. The molecule has 2 heteroatoms. The van der Waals surface area contributed by atoms with E-state index >= 15 is 0 Å². The molecule has 15 heavy (non-hydrogen) atoms. The van der Waals surface area contributed by atoms with Gasteiger partial charge in [0.1, 0.15) is 0 Å². The van der Waals surface area contributed by atoms with Gasteiger partial charge < -0.3 is 5.32 Å². The minimum atomic E-state index is 0.503. The smallest absolute Gasteiger partial charge is 0.0373 e. The summed E-state index contributed by atoms with van der Waals surface area (Å²) in [6.45, 7) is 4.74. The average Bonchev–Trinajstić information content (AvgIpc) is 2.17. The van der Waals surface area contributed by atoms with Crippen molar-refractivity contribution < 1.29 is 0 Å². The Labute approximate surface area is 92.1 Å². The Morgan fingerprint density at radius 3 is 2.73 bits per heavy atom. The minimum Gasteiger partial charge on any atom is -0.382 e. The molecule has 2 rings (SSSR count). The van der Waals surface area contributed by atoms with Crippen LogP contribution >= 0.6 is 0 Å². The number of pyridine rings is 1. The highest BCUT2D eigenvalue weighted by atomic mass is 14.9. The van der Waals surface area contributed by atoms with Crippen LogP contribution in [0.1, 0.15) is 39.5 Å². The highest BCUT2D eigenvalue weighted by Gasteiger charge is 2.27. The van der Waals surface area contributed by atoms with Crippen LogP contribution in [-0.4, -0.2) is 11.0 Å². The van der Waals surface area contributed by atoms with Crippen LogP contribution in [0, 0.1) is 5.41 Å². The van der Waals surface area contributed by atoms with E-state index in [-0.39, 0.29) is 0 Å². The lowest BCUT2D eigenvalue weighted by molar-refractivity contribution is 0.229. The Morgan fingerprint density at radius 2 is 2.07 bits per heavy atom. The van der Waals surface area contributed by atoms with Crippen LogP contribution in [-0.2, 0) is 0 Å². The fraction of sp³-hybridized carbons (Fsp3) is 0.615. The third-order valence-corrected chi connectivity index (χ3v) is 3.26. The zero-order chi connectivity index (χ0) is 10.7. The number of hydrogen-bond acceptors (Lipinski definition) is 2. The van der Waals surface area contributed by atoms with Gasteiger partial charge in [0.05, 0.1) is 0 Å². The molecule has 1 N–H and O–H groups in total. The topological polar surface area (TPSA) is 24.9 Å². The summed E-state index contributed by atoms with van der Waals surface area (Å²) in [4.78, 5) is 4.03. The molecular weight excluding hydrogens is 184 g/mol. The first-order chi connectivity index (χ1) is 7.16. The van der Waals surface area contributed by atoms with Crippen LogP contribution in [0.5, 0.6) is 0 Å². The van der Waals surface area contributed by atoms with Crippen LogP contribution < -0.4 is 5.32 Å². The summed E-state index contributed by atoms with van der Waals surface area (Å²) < 4.78 is 0. The zero-order valence-corrected chi connectivity index (χ0v) is 9.66. The van der Waals surface area contributed by atoms with Gasteiger partial charge in [-0.2, -0.15) is 0 Å². The van der Waals surface area contributed by atoms with Crippen molar-refractivity contribution in [1.29, 1.82) is 0 Å². The van der Waals surface area contributed by atoms with E-state index in [1.807, 2.05) is 24.5 Å². The normalized spacial score (nSPS) is 24.8. The minimum absolute atomic E-state index is 0.503. The fourth-order valence-corrected chi connectivity index (χ4v) is 2.51. The predicted octanol–water partition coefficient (Wildman–Crippen LogP) is 3.46. The SMILES string of the molecule is CC1(C)CCCC(Nc2ccncc2)C1. The first kappa shape index (κ1) is 10.5. The monoisotopic (exact) mass is 204 g/mol. The van der Waals surface area contributed by atoms with Gasteiger partial charge in [-0.3, -0.25) is 4.98 Å². The Hall–Kier alpha value is -1.05. The molecule has 1 aliphatic carbocycles.